The summed E-state index contributed by atoms with van der Waals surface area (Å²) < 4.78 is 55.4. The number of hydrogen-bond donors (Lipinski definition) is 1. The van der Waals surface area contributed by atoms with Crippen LogP contribution in [0.1, 0.15) is 47.1 Å². The molecule has 0 bridgehead atoms. The molecule has 1 aromatic heterocycles. The minimum atomic E-state index is -4.82. The molecule has 2 N–H and O–H groups in total. The normalized spacial score (nSPS) is 11.4. The standard InChI is InChI=1S/C27H31F3N2O4/c1-5-6-10-21-25(19-8-7-9-20(16-19)36-27(28,29)30)24(26(31)33)17(2)32(21)14-13-18-11-12-22(34-3)23(15-18)35-4/h7-9,11-12,15-16H,5-6,10,13-14H2,1-4H3,(H2,31,33). The quantitative estimate of drug-likeness (QED) is 0.344. The number of aromatic nitrogens is 1. The highest BCUT2D eigenvalue weighted by Gasteiger charge is 2.31. The van der Waals surface area contributed by atoms with Crippen LogP contribution in [0.5, 0.6) is 17.2 Å². The van der Waals surface area contributed by atoms with Crippen LogP contribution in [0.25, 0.3) is 11.1 Å². The zero-order valence-electron chi connectivity index (χ0n) is 20.9. The Bertz CT molecular complexity index is 1220. The maximum Gasteiger partial charge on any atom is 0.573 e. The summed E-state index contributed by atoms with van der Waals surface area (Å²) in [6.45, 7) is 4.40. The van der Waals surface area contributed by atoms with Crippen LogP contribution in [0.2, 0.25) is 0 Å². The number of methoxy groups -OCH3 is 2. The largest absolute Gasteiger partial charge is 0.573 e. The van der Waals surface area contributed by atoms with Gasteiger partial charge in [0, 0.05) is 23.5 Å². The Morgan fingerprint density at radius 2 is 1.75 bits per heavy atom. The number of rotatable bonds is 11. The smallest absolute Gasteiger partial charge is 0.493 e. The van der Waals surface area contributed by atoms with Crippen LogP contribution in [0.15, 0.2) is 42.5 Å². The number of hydrogen-bond acceptors (Lipinski definition) is 4. The second kappa shape index (κ2) is 11.4. The lowest BCUT2D eigenvalue weighted by Crippen LogP contribution is -2.17. The monoisotopic (exact) mass is 504 g/mol. The van der Waals surface area contributed by atoms with E-state index in [2.05, 4.69) is 11.7 Å². The Morgan fingerprint density at radius 1 is 1.03 bits per heavy atom. The minimum Gasteiger partial charge on any atom is -0.493 e. The van der Waals surface area contributed by atoms with Crippen molar-refractivity contribution in [2.45, 2.75) is 52.4 Å². The topological polar surface area (TPSA) is 75.7 Å². The number of alkyl halides is 3. The Hall–Kier alpha value is -3.62. The summed E-state index contributed by atoms with van der Waals surface area (Å²) >= 11 is 0. The molecule has 36 heavy (non-hydrogen) atoms. The summed E-state index contributed by atoms with van der Waals surface area (Å²) in [5.74, 6) is 0.256. The molecule has 1 heterocycles. The lowest BCUT2D eigenvalue weighted by atomic mass is 9.97. The number of ether oxygens (including phenoxy) is 3. The molecule has 0 saturated carbocycles. The van der Waals surface area contributed by atoms with Gasteiger partial charge in [-0.3, -0.25) is 4.79 Å². The van der Waals surface area contributed by atoms with Crippen LogP contribution in [0, 0.1) is 6.92 Å². The molecule has 3 aromatic rings. The molecule has 0 spiro atoms. The van der Waals surface area contributed by atoms with E-state index in [9.17, 15) is 18.0 Å². The van der Waals surface area contributed by atoms with Gasteiger partial charge in [0.15, 0.2) is 11.5 Å². The van der Waals surface area contributed by atoms with Gasteiger partial charge in [-0.2, -0.15) is 0 Å². The van der Waals surface area contributed by atoms with E-state index in [1.807, 2.05) is 29.7 Å². The lowest BCUT2D eigenvalue weighted by molar-refractivity contribution is -0.274. The van der Waals surface area contributed by atoms with Crippen LogP contribution < -0.4 is 19.9 Å². The van der Waals surface area contributed by atoms with Crippen LogP contribution in [-0.4, -0.2) is 31.1 Å². The van der Waals surface area contributed by atoms with Crippen LogP contribution in [0.4, 0.5) is 13.2 Å². The molecule has 0 unspecified atom stereocenters. The first-order chi connectivity index (χ1) is 17.1. The van der Waals surface area contributed by atoms with Crippen molar-refractivity contribution in [1.82, 2.24) is 4.57 Å². The Labute approximate surface area is 208 Å². The fourth-order valence-electron chi connectivity index (χ4n) is 4.44. The van der Waals surface area contributed by atoms with E-state index >= 15 is 0 Å². The molecule has 0 radical (unpaired) electrons. The number of carbonyl (C=O) groups is 1. The second-order valence-corrected chi connectivity index (χ2v) is 8.42. The van der Waals surface area contributed by atoms with E-state index in [-0.39, 0.29) is 5.75 Å². The molecule has 0 saturated heterocycles. The van der Waals surface area contributed by atoms with Gasteiger partial charge in [0.2, 0.25) is 0 Å². The molecular weight excluding hydrogens is 473 g/mol. The summed E-state index contributed by atoms with van der Waals surface area (Å²) in [6, 6.07) is 11.3. The summed E-state index contributed by atoms with van der Waals surface area (Å²) in [6.07, 6.45) is -1.82. The Morgan fingerprint density at radius 3 is 2.36 bits per heavy atom. The van der Waals surface area contributed by atoms with E-state index in [4.69, 9.17) is 15.2 Å². The second-order valence-electron chi connectivity index (χ2n) is 8.42. The zero-order chi connectivity index (χ0) is 26.5. The maximum atomic E-state index is 12.8. The number of nitrogens with two attached hydrogens (primary N) is 1. The van der Waals surface area contributed by atoms with Gasteiger partial charge in [-0.1, -0.05) is 31.5 Å². The van der Waals surface area contributed by atoms with E-state index in [0.717, 1.165) is 24.1 Å². The molecule has 2 aromatic carbocycles. The number of carbonyl (C=O) groups excluding carboxylic acids is 1. The van der Waals surface area contributed by atoms with E-state index in [0.29, 0.717) is 53.3 Å². The van der Waals surface area contributed by atoms with Gasteiger partial charge in [0.1, 0.15) is 5.75 Å². The molecule has 0 aliphatic heterocycles. The molecular formula is C27H31F3N2O4. The van der Waals surface area contributed by atoms with Crippen molar-refractivity contribution in [2.24, 2.45) is 5.73 Å². The van der Waals surface area contributed by atoms with E-state index < -0.39 is 12.3 Å². The first-order valence-corrected chi connectivity index (χ1v) is 11.7. The predicted molar refractivity (Wildman–Crippen MR) is 132 cm³/mol. The molecule has 0 aliphatic rings. The fourth-order valence-corrected chi connectivity index (χ4v) is 4.44. The fraction of sp³-hybridized carbons (Fsp3) is 0.370. The van der Waals surface area contributed by atoms with Crippen molar-refractivity contribution < 1.29 is 32.2 Å². The molecule has 194 valence electrons. The van der Waals surface area contributed by atoms with Gasteiger partial charge in [-0.15, -0.1) is 13.2 Å². The minimum absolute atomic E-state index is 0.303. The van der Waals surface area contributed by atoms with Crippen LogP contribution in [-0.2, 0) is 19.4 Å². The maximum absolute atomic E-state index is 12.8. The average Bonchev–Trinajstić information content (AvgIpc) is 3.11. The predicted octanol–water partition coefficient (Wildman–Crippen LogP) is 6.06. The third kappa shape index (κ3) is 6.13. The molecule has 3 rings (SSSR count). The summed E-state index contributed by atoms with van der Waals surface area (Å²) in [5, 5.41) is 0. The van der Waals surface area contributed by atoms with Gasteiger partial charge in [0.25, 0.3) is 5.91 Å². The van der Waals surface area contributed by atoms with Crippen molar-refractivity contribution in [3.05, 3.63) is 65.0 Å². The Kier molecular flexibility index (Phi) is 8.55. The first-order valence-electron chi connectivity index (χ1n) is 11.7. The van der Waals surface area contributed by atoms with E-state index in [1.165, 1.54) is 18.2 Å². The van der Waals surface area contributed by atoms with Gasteiger partial charge < -0.3 is 24.5 Å². The van der Waals surface area contributed by atoms with E-state index in [1.54, 1.807) is 20.3 Å². The Balaban J connectivity index is 2.08. The highest BCUT2D eigenvalue weighted by molar-refractivity contribution is 6.02. The lowest BCUT2D eigenvalue weighted by Gasteiger charge is -2.15. The SMILES string of the molecule is CCCCc1c(-c2cccc(OC(F)(F)F)c2)c(C(N)=O)c(C)n1CCc1ccc(OC)c(OC)c1. The number of amides is 1. The zero-order valence-corrected chi connectivity index (χ0v) is 20.9. The van der Waals surface area contributed by atoms with Gasteiger partial charge >= 0.3 is 6.36 Å². The molecule has 9 heteroatoms. The van der Waals surface area contributed by atoms with Gasteiger partial charge in [-0.25, -0.2) is 0 Å². The molecule has 6 nitrogen and oxygen atoms in total. The van der Waals surface area contributed by atoms with Crippen molar-refractivity contribution in [3.8, 4) is 28.4 Å². The number of aryl methyl sites for hydroxylation is 1. The third-order valence-corrected chi connectivity index (χ3v) is 6.07. The van der Waals surface area contributed by atoms with Crippen molar-refractivity contribution in [1.29, 1.82) is 0 Å². The van der Waals surface area contributed by atoms with Crippen molar-refractivity contribution in [3.63, 3.8) is 0 Å². The van der Waals surface area contributed by atoms with Crippen molar-refractivity contribution in [2.75, 3.05) is 14.2 Å². The van der Waals surface area contributed by atoms with Gasteiger partial charge in [-0.05, 0) is 61.6 Å². The number of benzene rings is 2. The number of nitrogens with zero attached hydrogens (tertiary/aromatic N) is 1. The van der Waals surface area contributed by atoms with Crippen LogP contribution >= 0.6 is 0 Å². The number of unbranched alkanes of at least 4 members (excludes halogenated alkanes) is 1. The summed E-state index contributed by atoms with van der Waals surface area (Å²) in [5.41, 5.74) is 9.62. The molecule has 0 fully saturated rings. The molecule has 0 aliphatic carbocycles. The highest BCUT2D eigenvalue weighted by Crippen LogP contribution is 2.37. The first kappa shape index (κ1) is 27.0. The number of primary amides is 1. The number of halogens is 3. The summed E-state index contributed by atoms with van der Waals surface area (Å²) in [4.78, 5) is 12.6. The molecule has 0 atom stereocenters. The van der Waals surface area contributed by atoms with Gasteiger partial charge in [0.05, 0.1) is 19.8 Å². The molecule has 1 amide bonds. The average molecular weight is 505 g/mol. The summed E-state index contributed by atoms with van der Waals surface area (Å²) in [7, 11) is 3.14. The van der Waals surface area contributed by atoms with Crippen molar-refractivity contribution >= 4 is 5.91 Å². The van der Waals surface area contributed by atoms with Crippen LogP contribution in [0.3, 0.4) is 0 Å². The highest BCUT2D eigenvalue weighted by atomic mass is 19.4. The third-order valence-electron chi connectivity index (χ3n) is 6.07.